The molecule has 6 aromatic rings. The Morgan fingerprint density at radius 3 is 1.94 bits per heavy atom. The Morgan fingerprint density at radius 2 is 1.06 bits per heavy atom. The molecular formula is C30H20O3. The summed E-state index contributed by atoms with van der Waals surface area (Å²) in [5, 5.41) is 36.6. The fourth-order valence-corrected chi connectivity index (χ4v) is 4.87. The van der Waals surface area contributed by atoms with E-state index in [0.717, 1.165) is 54.6 Å². The average Bonchev–Trinajstić information content (AvgIpc) is 2.84. The Morgan fingerprint density at radius 1 is 0.394 bits per heavy atom. The molecule has 158 valence electrons. The van der Waals surface area contributed by atoms with Crippen LogP contribution in [0.3, 0.4) is 0 Å². The molecule has 3 nitrogen and oxygen atoms in total. The topological polar surface area (TPSA) is 60.7 Å². The van der Waals surface area contributed by atoms with E-state index < -0.39 is 0 Å². The monoisotopic (exact) mass is 428 g/mol. The summed E-state index contributed by atoms with van der Waals surface area (Å²) in [5.41, 5.74) is 3.89. The van der Waals surface area contributed by atoms with E-state index in [-0.39, 0.29) is 17.2 Å². The molecule has 3 heteroatoms. The second kappa shape index (κ2) is 7.28. The first kappa shape index (κ1) is 19.2. The summed E-state index contributed by atoms with van der Waals surface area (Å²) in [7, 11) is 0. The van der Waals surface area contributed by atoms with Crippen molar-refractivity contribution in [3.63, 3.8) is 0 Å². The van der Waals surface area contributed by atoms with E-state index in [1.54, 1.807) is 24.3 Å². The van der Waals surface area contributed by atoms with Crippen LogP contribution in [0.2, 0.25) is 0 Å². The van der Waals surface area contributed by atoms with Gasteiger partial charge in [0.05, 0.1) is 0 Å². The first-order valence-corrected chi connectivity index (χ1v) is 10.8. The van der Waals surface area contributed by atoms with Gasteiger partial charge in [-0.1, -0.05) is 78.9 Å². The normalized spacial score (nSPS) is 11.4. The summed E-state index contributed by atoms with van der Waals surface area (Å²) in [6, 6.07) is 32.5. The van der Waals surface area contributed by atoms with Crippen LogP contribution < -0.4 is 0 Å². The third-order valence-corrected chi connectivity index (χ3v) is 6.36. The van der Waals surface area contributed by atoms with Gasteiger partial charge >= 0.3 is 0 Å². The molecule has 0 fully saturated rings. The number of hydrogen-bond donors (Lipinski definition) is 3. The Balaban J connectivity index is 1.69. The minimum Gasteiger partial charge on any atom is -0.508 e. The summed E-state index contributed by atoms with van der Waals surface area (Å²) in [6.07, 6.45) is 0. The number of phenols is 3. The van der Waals surface area contributed by atoms with Gasteiger partial charge in [-0.3, -0.25) is 0 Å². The molecule has 0 unspecified atom stereocenters. The lowest BCUT2D eigenvalue weighted by Crippen LogP contribution is -1.89. The van der Waals surface area contributed by atoms with Gasteiger partial charge in [0, 0.05) is 10.8 Å². The van der Waals surface area contributed by atoms with Gasteiger partial charge < -0.3 is 15.3 Å². The molecule has 0 heterocycles. The Bertz CT molecular complexity index is 1700. The van der Waals surface area contributed by atoms with Gasteiger partial charge in [-0.15, -0.1) is 0 Å². The second-order valence-corrected chi connectivity index (χ2v) is 8.25. The minimum atomic E-state index is 0.211. The molecule has 6 rings (SSSR count). The van der Waals surface area contributed by atoms with Crippen molar-refractivity contribution >= 4 is 32.3 Å². The number of phenolic OH excluding ortho intramolecular Hbond substituents is 3. The first-order chi connectivity index (χ1) is 16.1. The number of rotatable bonds is 2. The quantitative estimate of drug-likeness (QED) is 0.266. The highest BCUT2D eigenvalue weighted by atomic mass is 16.3. The maximum absolute atomic E-state index is 11.0. The lowest BCUT2D eigenvalue weighted by Gasteiger charge is -2.16. The number of aromatic hydroxyl groups is 3. The molecule has 0 bridgehead atoms. The first-order valence-electron chi connectivity index (χ1n) is 10.8. The maximum atomic E-state index is 11.0. The third kappa shape index (κ3) is 2.98. The van der Waals surface area contributed by atoms with Crippen LogP contribution in [0.4, 0.5) is 0 Å². The lowest BCUT2D eigenvalue weighted by atomic mass is 9.88. The average molecular weight is 428 g/mol. The predicted molar refractivity (Wildman–Crippen MR) is 135 cm³/mol. The summed E-state index contributed by atoms with van der Waals surface area (Å²) < 4.78 is 0. The van der Waals surface area contributed by atoms with Crippen molar-refractivity contribution in [2.75, 3.05) is 0 Å². The van der Waals surface area contributed by atoms with Crippen molar-refractivity contribution in [1.29, 1.82) is 0 Å². The second-order valence-electron chi connectivity index (χ2n) is 8.25. The third-order valence-electron chi connectivity index (χ3n) is 6.36. The highest BCUT2D eigenvalue weighted by molar-refractivity contribution is 6.14. The van der Waals surface area contributed by atoms with Crippen molar-refractivity contribution in [1.82, 2.24) is 0 Å². The van der Waals surface area contributed by atoms with Gasteiger partial charge in [-0.2, -0.15) is 0 Å². The van der Waals surface area contributed by atoms with Gasteiger partial charge in [0.15, 0.2) is 0 Å². The van der Waals surface area contributed by atoms with Crippen LogP contribution in [0.15, 0.2) is 103 Å². The molecule has 0 atom stereocenters. The predicted octanol–water partition coefficient (Wildman–Crippen LogP) is 7.60. The van der Waals surface area contributed by atoms with Crippen molar-refractivity contribution < 1.29 is 15.3 Å². The molecular weight excluding hydrogens is 408 g/mol. The van der Waals surface area contributed by atoms with Crippen LogP contribution in [0.25, 0.3) is 54.6 Å². The standard InChI is InChI=1S/C30H20O3/c31-19-11-12-20-18(17-19)5-3-8-21(20)27-14-13-24(26-9-4-10-29(33)30(26)27)23-15-16-28(32)25-7-2-1-6-22(23)25/h1-17,31-33H. The zero-order chi connectivity index (χ0) is 22.5. The molecule has 0 saturated heterocycles. The van der Waals surface area contributed by atoms with E-state index in [1.807, 2.05) is 72.8 Å². The van der Waals surface area contributed by atoms with Crippen LogP contribution in [-0.2, 0) is 0 Å². The molecule has 0 aliphatic rings. The van der Waals surface area contributed by atoms with Crippen molar-refractivity contribution in [2.45, 2.75) is 0 Å². The van der Waals surface area contributed by atoms with Gasteiger partial charge in [0.25, 0.3) is 0 Å². The molecule has 0 amide bonds. The van der Waals surface area contributed by atoms with Gasteiger partial charge in [-0.25, -0.2) is 0 Å². The van der Waals surface area contributed by atoms with Crippen molar-refractivity contribution in [2.24, 2.45) is 0 Å². The molecule has 0 spiro atoms. The minimum absolute atomic E-state index is 0.211. The highest BCUT2D eigenvalue weighted by Crippen LogP contribution is 2.44. The molecule has 6 aromatic carbocycles. The van der Waals surface area contributed by atoms with Crippen LogP contribution in [0.5, 0.6) is 17.2 Å². The van der Waals surface area contributed by atoms with Gasteiger partial charge in [0.2, 0.25) is 0 Å². The summed E-state index contributed by atoms with van der Waals surface area (Å²) >= 11 is 0. The van der Waals surface area contributed by atoms with Crippen LogP contribution in [0, 0.1) is 0 Å². The summed E-state index contributed by atoms with van der Waals surface area (Å²) in [5.74, 6) is 0.683. The molecule has 0 aliphatic carbocycles. The molecule has 0 radical (unpaired) electrons. The van der Waals surface area contributed by atoms with Crippen LogP contribution in [0.1, 0.15) is 0 Å². The molecule has 0 aromatic heterocycles. The van der Waals surface area contributed by atoms with E-state index in [9.17, 15) is 15.3 Å². The number of fused-ring (bicyclic) bond motifs is 3. The Hall–Kier alpha value is -4.50. The Labute approximate surface area is 190 Å². The fourth-order valence-electron chi connectivity index (χ4n) is 4.87. The van der Waals surface area contributed by atoms with Crippen molar-refractivity contribution in [3.05, 3.63) is 103 Å². The highest BCUT2D eigenvalue weighted by Gasteiger charge is 2.16. The lowest BCUT2D eigenvalue weighted by molar-refractivity contribution is 0.476. The summed E-state index contributed by atoms with van der Waals surface area (Å²) in [6.45, 7) is 0. The van der Waals surface area contributed by atoms with E-state index >= 15 is 0 Å². The van der Waals surface area contributed by atoms with Gasteiger partial charge in [0.1, 0.15) is 17.2 Å². The zero-order valence-corrected chi connectivity index (χ0v) is 17.7. The van der Waals surface area contributed by atoms with E-state index in [0.29, 0.717) is 0 Å². The molecule has 0 saturated carbocycles. The number of benzene rings is 6. The van der Waals surface area contributed by atoms with Crippen LogP contribution in [-0.4, -0.2) is 15.3 Å². The van der Waals surface area contributed by atoms with Crippen molar-refractivity contribution in [3.8, 4) is 39.5 Å². The smallest absolute Gasteiger partial charge is 0.124 e. The van der Waals surface area contributed by atoms with E-state index in [4.69, 9.17) is 0 Å². The molecule has 33 heavy (non-hydrogen) atoms. The fraction of sp³-hybridized carbons (Fsp3) is 0. The Kier molecular flexibility index (Phi) is 4.24. The largest absolute Gasteiger partial charge is 0.508 e. The molecule has 3 N–H and O–H groups in total. The van der Waals surface area contributed by atoms with E-state index in [2.05, 4.69) is 6.07 Å². The van der Waals surface area contributed by atoms with Crippen LogP contribution >= 0.6 is 0 Å². The number of hydrogen-bond acceptors (Lipinski definition) is 3. The zero-order valence-electron chi connectivity index (χ0n) is 17.7. The summed E-state index contributed by atoms with van der Waals surface area (Å²) in [4.78, 5) is 0. The SMILES string of the molecule is Oc1ccc2c(-c3ccc(-c4ccc(O)c5ccccc45)c4cccc(O)c34)cccc2c1. The molecule has 0 aliphatic heterocycles. The maximum Gasteiger partial charge on any atom is 0.124 e. The van der Waals surface area contributed by atoms with Gasteiger partial charge in [-0.05, 0) is 68.1 Å². The van der Waals surface area contributed by atoms with E-state index in [1.165, 1.54) is 0 Å².